The third-order valence-corrected chi connectivity index (χ3v) is 4.19. The van der Waals surface area contributed by atoms with Gasteiger partial charge in [-0.15, -0.1) is 0 Å². The highest BCUT2D eigenvalue weighted by Crippen LogP contribution is 2.40. The summed E-state index contributed by atoms with van der Waals surface area (Å²) in [4.78, 5) is 12.7. The van der Waals surface area contributed by atoms with Crippen LogP contribution in [0.25, 0.3) is 0 Å². The van der Waals surface area contributed by atoms with Crippen molar-refractivity contribution in [3.63, 3.8) is 0 Å². The smallest absolute Gasteiger partial charge is 0.159 e. The molecule has 0 spiro atoms. The number of allylic oxidation sites excluding steroid dienone is 1. The lowest BCUT2D eigenvalue weighted by Gasteiger charge is -2.16. The minimum absolute atomic E-state index is 0.0105. The Hall–Kier alpha value is -1.22. The highest BCUT2D eigenvalue weighted by Gasteiger charge is 2.34. The van der Waals surface area contributed by atoms with E-state index in [-0.39, 0.29) is 17.1 Å². The van der Waals surface area contributed by atoms with Crippen molar-refractivity contribution in [2.24, 2.45) is 5.92 Å². The second-order valence-corrected chi connectivity index (χ2v) is 5.40. The van der Waals surface area contributed by atoms with E-state index in [1.54, 1.807) is 18.7 Å². The Kier molecular flexibility index (Phi) is 3.57. The molecule has 0 radical (unpaired) electrons. The predicted octanol–water partition coefficient (Wildman–Crippen LogP) is 3.63. The molecule has 3 heteroatoms. The Morgan fingerprint density at radius 1 is 1.29 bits per heavy atom. The SMILES string of the molecule is CC(=O)C1=C(C)O[C@H](Sc2ccccc2)[C@@H]1C. The van der Waals surface area contributed by atoms with E-state index < -0.39 is 0 Å². The quantitative estimate of drug-likeness (QED) is 0.817. The minimum atomic E-state index is 0.0105. The molecule has 0 fully saturated rings. The molecule has 0 aliphatic carbocycles. The molecule has 17 heavy (non-hydrogen) atoms. The first kappa shape index (κ1) is 12.2. The van der Waals surface area contributed by atoms with Crippen LogP contribution in [0.5, 0.6) is 0 Å². The lowest BCUT2D eigenvalue weighted by molar-refractivity contribution is -0.114. The molecular weight excluding hydrogens is 232 g/mol. The maximum Gasteiger partial charge on any atom is 0.159 e. The van der Waals surface area contributed by atoms with E-state index in [9.17, 15) is 4.79 Å². The molecule has 0 bridgehead atoms. The molecule has 0 aromatic heterocycles. The monoisotopic (exact) mass is 248 g/mol. The van der Waals surface area contributed by atoms with Crippen LogP contribution in [0.1, 0.15) is 20.8 Å². The summed E-state index contributed by atoms with van der Waals surface area (Å²) >= 11 is 1.67. The van der Waals surface area contributed by atoms with Gasteiger partial charge < -0.3 is 4.74 Å². The summed E-state index contributed by atoms with van der Waals surface area (Å²) in [6, 6.07) is 10.1. The molecule has 2 nitrogen and oxygen atoms in total. The fourth-order valence-electron chi connectivity index (χ4n) is 2.12. The van der Waals surface area contributed by atoms with E-state index in [0.717, 1.165) is 11.3 Å². The van der Waals surface area contributed by atoms with Crippen molar-refractivity contribution in [1.29, 1.82) is 0 Å². The molecule has 0 N–H and O–H groups in total. The zero-order valence-corrected chi connectivity index (χ0v) is 11.1. The average Bonchev–Trinajstić information content (AvgIpc) is 2.55. The lowest BCUT2D eigenvalue weighted by atomic mass is 10.00. The van der Waals surface area contributed by atoms with E-state index in [0.29, 0.717) is 0 Å². The van der Waals surface area contributed by atoms with Crippen LogP contribution in [-0.4, -0.2) is 11.2 Å². The standard InChI is InChI=1S/C14H16O2S/c1-9-13(10(2)15)11(3)16-14(9)17-12-7-5-4-6-8-12/h4-9,14H,1-3H3/t9-,14-/m1/s1. The van der Waals surface area contributed by atoms with E-state index >= 15 is 0 Å². The Balaban J connectivity index is 2.10. The van der Waals surface area contributed by atoms with Crippen molar-refractivity contribution in [2.45, 2.75) is 31.1 Å². The molecule has 0 saturated carbocycles. The molecule has 1 aliphatic rings. The summed E-state index contributed by atoms with van der Waals surface area (Å²) in [6.45, 7) is 5.53. The minimum Gasteiger partial charge on any atom is -0.483 e. The van der Waals surface area contributed by atoms with Crippen molar-refractivity contribution < 1.29 is 9.53 Å². The van der Waals surface area contributed by atoms with Crippen LogP contribution < -0.4 is 0 Å². The number of rotatable bonds is 3. The van der Waals surface area contributed by atoms with Gasteiger partial charge in [-0.3, -0.25) is 4.79 Å². The molecule has 90 valence electrons. The van der Waals surface area contributed by atoms with Crippen LogP contribution in [-0.2, 0) is 9.53 Å². The van der Waals surface area contributed by atoms with Gasteiger partial charge in [0.05, 0.1) is 0 Å². The van der Waals surface area contributed by atoms with Gasteiger partial charge in [-0.25, -0.2) is 0 Å². The van der Waals surface area contributed by atoms with Crippen molar-refractivity contribution in [3.8, 4) is 0 Å². The lowest BCUT2D eigenvalue weighted by Crippen LogP contribution is -2.14. The van der Waals surface area contributed by atoms with Crippen LogP contribution >= 0.6 is 11.8 Å². The summed E-state index contributed by atoms with van der Waals surface area (Å²) in [5, 5.41) is 0. The second kappa shape index (κ2) is 4.96. The van der Waals surface area contributed by atoms with Gasteiger partial charge in [0.15, 0.2) is 11.2 Å². The summed E-state index contributed by atoms with van der Waals surface area (Å²) < 4.78 is 5.77. The van der Waals surface area contributed by atoms with E-state index in [1.165, 1.54) is 4.90 Å². The zero-order chi connectivity index (χ0) is 12.4. The van der Waals surface area contributed by atoms with Gasteiger partial charge >= 0.3 is 0 Å². The third kappa shape index (κ3) is 2.55. The third-order valence-electron chi connectivity index (χ3n) is 2.91. The van der Waals surface area contributed by atoms with Crippen LogP contribution in [0.15, 0.2) is 46.6 Å². The van der Waals surface area contributed by atoms with Gasteiger partial charge in [-0.1, -0.05) is 36.9 Å². The number of carbonyl (C=O) groups excluding carboxylic acids is 1. The second-order valence-electron chi connectivity index (χ2n) is 4.23. The average molecular weight is 248 g/mol. The molecular formula is C14H16O2S. The summed E-state index contributed by atoms with van der Waals surface area (Å²) in [5.74, 6) is 1.04. The van der Waals surface area contributed by atoms with Crippen molar-refractivity contribution in [3.05, 3.63) is 41.7 Å². The fraction of sp³-hybridized carbons (Fsp3) is 0.357. The number of thioether (sulfide) groups is 1. The number of hydrogen-bond donors (Lipinski definition) is 0. The largest absolute Gasteiger partial charge is 0.483 e. The number of Topliss-reactive ketones (excluding diaryl/α,β-unsaturated/α-hetero) is 1. The molecule has 0 saturated heterocycles. The predicted molar refractivity (Wildman–Crippen MR) is 69.7 cm³/mol. The van der Waals surface area contributed by atoms with Gasteiger partial charge in [-0.05, 0) is 26.0 Å². The summed E-state index contributed by atoms with van der Waals surface area (Å²) in [5.41, 5.74) is 0.842. The van der Waals surface area contributed by atoms with Crippen LogP contribution in [0, 0.1) is 5.92 Å². The number of benzene rings is 1. The topological polar surface area (TPSA) is 26.3 Å². The van der Waals surface area contributed by atoms with Gasteiger partial charge in [0.1, 0.15) is 5.76 Å². The highest BCUT2D eigenvalue weighted by molar-refractivity contribution is 7.99. The van der Waals surface area contributed by atoms with E-state index in [1.807, 2.05) is 32.0 Å². The number of ether oxygens (including phenoxy) is 1. The van der Waals surface area contributed by atoms with Crippen molar-refractivity contribution in [1.82, 2.24) is 0 Å². The van der Waals surface area contributed by atoms with Gasteiger partial charge in [0, 0.05) is 16.4 Å². The first-order chi connectivity index (χ1) is 8.09. The maximum absolute atomic E-state index is 11.5. The number of hydrogen-bond acceptors (Lipinski definition) is 3. The maximum atomic E-state index is 11.5. The number of carbonyl (C=O) groups is 1. The van der Waals surface area contributed by atoms with Gasteiger partial charge in [0.2, 0.25) is 0 Å². The van der Waals surface area contributed by atoms with E-state index in [4.69, 9.17) is 4.74 Å². The molecule has 1 aromatic rings. The Bertz CT molecular complexity index is 451. The Morgan fingerprint density at radius 3 is 2.47 bits per heavy atom. The van der Waals surface area contributed by atoms with Gasteiger partial charge in [0.25, 0.3) is 0 Å². The highest BCUT2D eigenvalue weighted by atomic mass is 32.2. The van der Waals surface area contributed by atoms with Crippen molar-refractivity contribution >= 4 is 17.5 Å². The Labute approximate surface area is 106 Å². The van der Waals surface area contributed by atoms with Crippen LogP contribution in [0.4, 0.5) is 0 Å². The molecule has 1 aromatic carbocycles. The fourth-order valence-corrected chi connectivity index (χ4v) is 3.24. The summed E-state index contributed by atoms with van der Waals surface area (Å²) in [6.07, 6.45) is 0. The first-order valence-electron chi connectivity index (χ1n) is 5.69. The molecule has 2 atom stereocenters. The number of ketones is 1. The molecule has 1 heterocycles. The van der Waals surface area contributed by atoms with Crippen molar-refractivity contribution in [2.75, 3.05) is 0 Å². The van der Waals surface area contributed by atoms with Crippen LogP contribution in [0.3, 0.4) is 0 Å². The molecule has 0 unspecified atom stereocenters. The molecule has 2 rings (SSSR count). The Morgan fingerprint density at radius 2 is 1.94 bits per heavy atom. The van der Waals surface area contributed by atoms with E-state index in [2.05, 4.69) is 12.1 Å². The van der Waals surface area contributed by atoms with Crippen LogP contribution in [0.2, 0.25) is 0 Å². The normalized spacial score (nSPS) is 23.7. The van der Waals surface area contributed by atoms with Gasteiger partial charge in [-0.2, -0.15) is 0 Å². The first-order valence-corrected chi connectivity index (χ1v) is 6.57. The zero-order valence-electron chi connectivity index (χ0n) is 10.3. The summed E-state index contributed by atoms with van der Waals surface area (Å²) in [7, 11) is 0. The molecule has 1 aliphatic heterocycles. The molecule has 0 amide bonds.